The van der Waals surface area contributed by atoms with Crippen molar-refractivity contribution in [2.45, 2.75) is 38.6 Å². The highest BCUT2D eigenvalue weighted by molar-refractivity contribution is 5.54. The second kappa shape index (κ2) is 7.40. The van der Waals surface area contributed by atoms with E-state index >= 15 is 0 Å². The van der Waals surface area contributed by atoms with Crippen LogP contribution in [0.25, 0.3) is 6.08 Å². The second-order valence-corrected chi connectivity index (χ2v) is 4.79. The largest absolute Gasteiger partial charge is 0.509 e. The van der Waals surface area contributed by atoms with Gasteiger partial charge in [0.1, 0.15) is 24.1 Å². The van der Waals surface area contributed by atoms with E-state index in [1.54, 1.807) is 6.07 Å². The van der Waals surface area contributed by atoms with Crippen molar-refractivity contribution in [2.24, 2.45) is 0 Å². The van der Waals surface area contributed by atoms with Crippen molar-refractivity contribution < 1.29 is 25.5 Å². The summed E-state index contributed by atoms with van der Waals surface area (Å²) in [5.74, 6) is -0.464. The van der Waals surface area contributed by atoms with Crippen LogP contribution in [0.5, 0.6) is 0 Å². The molecule has 0 saturated carbocycles. The van der Waals surface area contributed by atoms with Crippen molar-refractivity contribution in [2.75, 3.05) is 6.61 Å². The van der Waals surface area contributed by atoms with Crippen LogP contribution in [-0.2, 0) is 6.42 Å². The molecule has 0 bridgehead atoms. The molecule has 3 atom stereocenters. The lowest BCUT2D eigenvalue weighted by Gasteiger charge is -2.21. The molecule has 112 valence electrons. The summed E-state index contributed by atoms with van der Waals surface area (Å²) >= 11 is 0. The number of hydrogen-bond acceptors (Lipinski definition) is 5. The highest BCUT2D eigenvalue weighted by Crippen LogP contribution is 2.16. The molecule has 0 aromatic heterocycles. The zero-order valence-corrected chi connectivity index (χ0v) is 11.7. The van der Waals surface area contributed by atoms with Crippen molar-refractivity contribution in [3.05, 3.63) is 40.6 Å². The third-order valence-electron chi connectivity index (χ3n) is 3.27. The number of aryl methyl sites for hydroxylation is 2. The summed E-state index contributed by atoms with van der Waals surface area (Å²) in [6, 6.07) is 5.58. The van der Waals surface area contributed by atoms with E-state index in [1.807, 2.05) is 26.0 Å². The van der Waals surface area contributed by atoms with Crippen LogP contribution < -0.4 is 0 Å². The van der Waals surface area contributed by atoms with E-state index in [-0.39, 0.29) is 0 Å². The average Bonchev–Trinajstić information content (AvgIpc) is 2.44. The lowest BCUT2D eigenvalue weighted by atomic mass is 10.0. The maximum atomic E-state index is 9.76. The molecule has 5 N–H and O–H groups in total. The van der Waals surface area contributed by atoms with Crippen LogP contribution in [0.15, 0.2) is 24.0 Å². The van der Waals surface area contributed by atoms with Gasteiger partial charge in [-0.2, -0.15) is 0 Å². The van der Waals surface area contributed by atoms with Gasteiger partial charge in [0.15, 0.2) is 0 Å². The van der Waals surface area contributed by atoms with Gasteiger partial charge in [0, 0.05) is 0 Å². The third-order valence-corrected chi connectivity index (χ3v) is 3.27. The van der Waals surface area contributed by atoms with Crippen molar-refractivity contribution in [3.63, 3.8) is 0 Å². The Labute approximate surface area is 118 Å². The Balaban J connectivity index is 2.90. The molecule has 0 spiro atoms. The molecule has 1 aromatic rings. The van der Waals surface area contributed by atoms with Crippen LogP contribution in [0.3, 0.4) is 0 Å². The summed E-state index contributed by atoms with van der Waals surface area (Å²) in [6.07, 6.45) is -2.57. The van der Waals surface area contributed by atoms with E-state index in [0.29, 0.717) is 5.56 Å². The highest BCUT2D eigenvalue weighted by atomic mass is 16.4. The van der Waals surface area contributed by atoms with Gasteiger partial charge in [-0.15, -0.1) is 0 Å². The Morgan fingerprint density at radius 1 is 1.25 bits per heavy atom. The van der Waals surface area contributed by atoms with Gasteiger partial charge in [0.2, 0.25) is 0 Å². The standard InChI is InChI=1S/C15H22O5/c1-3-11-5-4-10(6-9(11)2)7-12(17)14(19)15(20)13(18)8-16/h4-7,13-20H,3,8H2,1-2H3/t13-,14+,15+/m1/s1. The summed E-state index contributed by atoms with van der Waals surface area (Å²) in [6.45, 7) is 3.30. The molecule has 0 aliphatic rings. The molecule has 20 heavy (non-hydrogen) atoms. The Bertz CT molecular complexity index is 469. The lowest BCUT2D eigenvalue weighted by Crippen LogP contribution is -2.40. The van der Waals surface area contributed by atoms with Gasteiger partial charge in [-0.25, -0.2) is 0 Å². The quantitative estimate of drug-likeness (QED) is 0.490. The summed E-state index contributed by atoms with van der Waals surface area (Å²) in [5.41, 5.74) is 2.94. The summed E-state index contributed by atoms with van der Waals surface area (Å²) < 4.78 is 0. The monoisotopic (exact) mass is 282 g/mol. The fourth-order valence-electron chi connectivity index (χ4n) is 1.96. The summed E-state index contributed by atoms with van der Waals surface area (Å²) in [5, 5.41) is 46.9. The van der Waals surface area contributed by atoms with Gasteiger partial charge in [0.25, 0.3) is 0 Å². The van der Waals surface area contributed by atoms with E-state index in [1.165, 1.54) is 11.6 Å². The topological polar surface area (TPSA) is 101 Å². The van der Waals surface area contributed by atoms with Gasteiger partial charge in [-0.1, -0.05) is 25.1 Å². The molecule has 5 nitrogen and oxygen atoms in total. The molecule has 0 amide bonds. The maximum Gasteiger partial charge on any atom is 0.139 e. The summed E-state index contributed by atoms with van der Waals surface area (Å²) in [4.78, 5) is 0. The Kier molecular flexibility index (Phi) is 6.16. The van der Waals surface area contributed by atoms with Crippen LogP contribution in [0.2, 0.25) is 0 Å². The third kappa shape index (κ3) is 4.05. The number of benzene rings is 1. The minimum Gasteiger partial charge on any atom is -0.509 e. The first kappa shape index (κ1) is 16.7. The van der Waals surface area contributed by atoms with Crippen LogP contribution in [0.1, 0.15) is 23.6 Å². The van der Waals surface area contributed by atoms with Gasteiger partial charge >= 0.3 is 0 Å². The van der Waals surface area contributed by atoms with Crippen molar-refractivity contribution in [1.29, 1.82) is 0 Å². The van der Waals surface area contributed by atoms with Crippen molar-refractivity contribution >= 4 is 6.08 Å². The van der Waals surface area contributed by atoms with E-state index in [9.17, 15) is 20.4 Å². The maximum absolute atomic E-state index is 9.76. The molecule has 0 aliphatic heterocycles. The van der Waals surface area contributed by atoms with E-state index in [0.717, 1.165) is 12.0 Å². The minimum atomic E-state index is -1.65. The number of rotatable bonds is 6. The molecule has 0 unspecified atom stereocenters. The van der Waals surface area contributed by atoms with Gasteiger partial charge in [-0.05, 0) is 36.1 Å². The predicted octanol–water partition coefficient (Wildman–Crippen LogP) is 0.531. The molecule has 0 saturated heterocycles. The van der Waals surface area contributed by atoms with Gasteiger partial charge in [0.05, 0.1) is 6.61 Å². The molecule has 0 radical (unpaired) electrons. The number of aliphatic hydroxyl groups excluding tert-OH is 5. The minimum absolute atomic E-state index is 0.464. The first-order valence-corrected chi connectivity index (χ1v) is 6.55. The number of hydrogen-bond donors (Lipinski definition) is 5. The first-order valence-electron chi connectivity index (χ1n) is 6.55. The molecule has 0 fully saturated rings. The Morgan fingerprint density at radius 2 is 1.90 bits per heavy atom. The summed E-state index contributed by atoms with van der Waals surface area (Å²) in [7, 11) is 0. The van der Waals surface area contributed by atoms with E-state index in [4.69, 9.17) is 5.11 Å². The van der Waals surface area contributed by atoms with Gasteiger partial charge in [-0.3, -0.25) is 0 Å². The van der Waals surface area contributed by atoms with Crippen molar-refractivity contribution in [3.8, 4) is 0 Å². The van der Waals surface area contributed by atoms with Gasteiger partial charge < -0.3 is 25.5 Å². The molecular weight excluding hydrogens is 260 g/mol. The van der Waals surface area contributed by atoms with Crippen LogP contribution in [-0.4, -0.2) is 50.5 Å². The fourth-order valence-corrected chi connectivity index (χ4v) is 1.96. The molecule has 0 heterocycles. The first-order chi connectivity index (χ1) is 9.40. The van der Waals surface area contributed by atoms with E-state index in [2.05, 4.69) is 0 Å². The highest BCUT2D eigenvalue weighted by Gasteiger charge is 2.26. The zero-order chi connectivity index (χ0) is 15.3. The van der Waals surface area contributed by atoms with E-state index < -0.39 is 30.7 Å². The van der Waals surface area contributed by atoms with Crippen LogP contribution in [0, 0.1) is 6.92 Å². The molecule has 5 heteroatoms. The second-order valence-electron chi connectivity index (χ2n) is 4.79. The van der Waals surface area contributed by atoms with Crippen LogP contribution in [0.4, 0.5) is 0 Å². The predicted molar refractivity (Wildman–Crippen MR) is 76.3 cm³/mol. The molecular formula is C15H22O5. The normalized spacial score (nSPS) is 16.8. The Hall–Kier alpha value is -1.40. The number of aliphatic hydroxyl groups is 5. The lowest BCUT2D eigenvalue weighted by molar-refractivity contribution is -0.0735. The Morgan fingerprint density at radius 3 is 2.40 bits per heavy atom. The SMILES string of the molecule is CCc1ccc(C=C(O)[C@H](O)[C@@H](O)[C@H](O)CO)cc1C. The average molecular weight is 282 g/mol. The fraction of sp³-hybridized carbons (Fsp3) is 0.467. The molecule has 1 rings (SSSR count). The smallest absolute Gasteiger partial charge is 0.139 e. The molecule has 0 aliphatic carbocycles. The zero-order valence-electron chi connectivity index (χ0n) is 11.7. The van der Waals surface area contributed by atoms with Crippen molar-refractivity contribution in [1.82, 2.24) is 0 Å². The molecule has 1 aromatic carbocycles. The van der Waals surface area contributed by atoms with Crippen LogP contribution >= 0.6 is 0 Å².